The van der Waals surface area contributed by atoms with E-state index in [2.05, 4.69) is 0 Å². The molecule has 114 valence electrons. The van der Waals surface area contributed by atoms with E-state index in [1.807, 2.05) is 0 Å². The highest BCUT2D eigenvalue weighted by molar-refractivity contribution is 7.90. The molecule has 0 unspecified atom stereocenters. The van der Waals surface area contributed by atoms with E-state index in [1.54, 1.807) is 4.90 Å². The van der Waals surface area contributed by atoms with Crippen LogP contribution in [0.25, 0.3) is 0 Å². The van der Waals surface area contributed by atoms with Gasteiger partial charge in [-0.25, -0.2) is 8.42 Å². The third-order valence-electron chi connectivity index (χ3n) is 3.34. The van der Waals surface area contributed by atoms with Crippen molar-refractivity contribution in [2.75, 3.05) is 12.8 Å². The van der Waals surface area contributed by atoms with E-state index in [0.29, 0.717) is 5.56 Å². The van der Waals surface area contributed by atoms with Crippen molar-refractivity contribution in [3.8, 4) is 0 Å². The average molecular weight is 311 g/mol. The van der Waals surface area contributed by atoms with E-state index >= 15 is 0 Å². The fourth-order valence-electron chi connectivity index (χ4n) is 2.06. The number of sulfone groups is 1. The number of carbonyl (C=O) groups excluding carboxylic acids is 1. The molecule has 1 aromatic rings. The molecule has 1 aromatic carbocycles. The Hall–Kier alpha value is -1.89. The van der Waals surface area contributed by atoms with Gasteiger partial charge in [0.15, 0.2) is 9.84 Å². The normalized spacial score (nSPS) is 14.7. The van der Waals surface area contributed by atoms with Crippen molar-refractivity contribution < 1.29 is 23.1 Å². The molecule has 0 aromatic heterocycles. The number of benzene rings is 1. The lowest BCUT2D eigenvalue weighted by molar-refractivity contribution is -0.137. The molecule has 1 aliphatic carbocycles. The van der Waals surface area contributed by atoms with Crippen molar-refractivity contribution in [3.63, 3.8) is 0 Å². The molecule has 1 N–H and O–H groups in total. The van der Waals surface area contributed by atoms with E-state index in [0.717, 1.165) is 19.1 Å². The minimum Gasteiger partial charge on any atom is -0.481 e. The summed E-state index contributed by atoms with van der Waals surface area (Å²) in [5.41, 5.74) is 0.375. The molecule has 0 heterocycles. The van der Waals surface area contributed by atoms with Crippen LogP contribution in [0.4, 0.5) is 0 Å². The number of amides is 1. The van der Waals surface area contributed by atoms with Crippen LogP contribution in [0, 0.1) is 0 Å². The van der Waals surface area contributed by atoms with Crippen molar-refractivity contribution in [1.29, 1.82) is 0 Å². The summed E-state index contributed by atoms with van der Waals surface area (Å²) in [4.78, 5) is 24.8. The molecule has 7 heteroatoms. The third kappa shape index (κ3) is 4.04. The zero-order valence-corrected chi connectivity index (χ0v) is 12.5. The molecule has 6 nitrogen and oxygen atoms in total. The first-order chi connectivity index (χ1) is 9.79. The van der Waals surface area contributed by atoms with Crippen LogP contribution in [-0.4, -0.2) is 49.1 Å². The summed E-state index contributed by atoms with van der Waals surface area (Å²) in [6.07, 6.45) is 2.77. The van der Waals surface area contributed by atoms with Crippen LogP contribution in [0.5, 0.6) is 0 Å². The molecule has 0 aliphatic heterocycles. The summed E-state index contributed by atoms with van der Waals surface area (Å²) in [5, 5.41) is 8.74. The van der Waals surface area contributed by atoms with Crippen molar-refractivity contribution in [3.05, 3.63) is 29.8 Å². The Labute approximate surface area is 123 Å². The first-order valence-electron chi connectivity index (χ1n) is 6.62. The van der Waals surface area contributed by atoms with Gasteiger partial charge in [0, 0.05) is 24.4 Å². The average Bonchev–Trinajstić information content (AvgIpc) is 3.22. The van der Waals surface area contributed by atoms with Crippen molar-refractivity contribution >= 4 is 21.7 Å². The first-order valence-corrected chi connectivity index (χ1v) is 8.51. The molecule has 1 amide bonds. The summed E-state index contributed by atoms with van der Waals surface area (Å²) in [5.74, 6) is -1.19. The van der Waals surface area contributed by atoms with Gasteiger partial charge in [0.05, 0.1) is 11.3 Å². The topological polar surface area (TPSA) is 91.8 Å². The Kier molecular flexibility index (Phi) is 4.32. The molecule has 0 spiro atoms. The summed E-state index contributed by atoms with van der Waals surface area (Å²) in [6, 6.07) is 5.82. The number of nitrogens with zero attached hydrogens (tertiary/aromatic N) is 1. The van der Waals surface area contributed by atoms with Gasteiger partial charge in [-0.1, -0.05) is 0 Å². The highest BCUT2D eigenvalue weighted by atomic mass is 32.2. The van der Waals surface area contributed by atoms with Crippen LogP contribution >= 0.6 is 0 Å². The number of hydrogen-bond donors (Lipinski definition) is 1. The number of carbonyl (C=O) groups is 2. The lowest BCUT2D eigenvalue weighted by Gasteiger charge is -2.21. The smallest absolute Gasteiger partial charge is 0.305 e. The van der Waals surface area contributed by atoms with Gasteiger partial charge in [-0.05, 0) is 37.1 Å². The Balaban J connectivity index is 2.15. The van der Waals surface area contributed by atoms with E-state index < -0.39 is 15.8 Å². The van der Waals surface area contributed by atoms with Gasteiger partial charge in [-0.15, -0.1) is 0 Å². The molecule has 0 atom stereocenters. The molecule has 1 fully saturated rings. The quantitative estimate of drug-likeness (QED) is 0.851. The van der Waals surface area contributed by atoms with Gasteiger partial charge >= 0.3 is 5.97 Å². The van der Waals surface area contributed by atoms with Crippen LogP contribution in [0.15, 0.2) is 29.2 Å². The SMILES string of the molecule is CS(=O)(=O)c1ccc(C(=O)N(CCC(=O)O)C2CC2)cc1. The monoisotopic (exact) mass is 311 g/mol. The highest BCUT2D eigenvalue weighted by Crippen LogP contribution is 2.28. The number of rotatable bonds is 6. The summed E-state index contributed by atoms with van der Waals surface area (Å²) >= 11 is 0. The van der Waals surface area contributed by atoms with Crippen molar-refractivity contribution in [2.24, 2.45) is 0 Å². The first kappa shape index (κ1) is 15.5. The van der Waals surface area contributed by atoms with Crippen molar-refractivity contribution in [1.82, 2.24) is 4.90 Å². The predicted molar refractivity (Wildman–Crippen MR) is 75.9 cm³/mol. The minimum atomic E-state index is -3.29. The second kappa shape index (κ2) is 5.85. The fraction of sp³-hybridized carbons (Fsp3) is 0.429. The number of hydrogen-bond acceptors (Lipinski definition) is 4. The molecular formula is C14H17NO5S. The largest absolute Gasteiger partial charge is 0.481 e. The van der Waals surface area contributed by atoms with Crippen LogP contribution in [-0.2, 0) is 14.6 Å². The maximum Gasteiger partial charge on any atom is 0.305 e. The van der Waals surface area contributed by atoms with Crippen LogP contribution in [0.2, 0.25) is 0 Å². The molecular weight excluding hydrogens is 294 g/mol. The minimum absolute atomic E-state index is 0.0936. The van der Waals surface area contributed by atoms with E-state index in [9.17, 15) is 18.0 Å². The lowest BCUT2D eigenvalue weighted by atomic mass is 10.2. The molecule has 2 rings (SSSR count). The molecule has 1 saturated carbocycles. The number of aliphatic carboxylic acids is 1. The highest BCUT2D eigenvalue weighted by Gasteiger charge is 2.33. The standard InChI is InChI=1S/C14H17NO5S/c1-21(19,20)12-6-2-10(3-7-12)14(18)15(11-4-5-11)9-8-13(16)17/h2-3,6-7,11H,4-5,8-9H2,1H3,(H,16,17). The fourth-order valence-corrected chi connectivity index (χ4v) is 2.69. The van der Waals surface area contributed by atoms with Crippen LogP contribution < -0.4 is 0 Å². The summed E-state index contributed by atoms with van der Waals surface area (Å²) < 4.78 is 22.8. The second-order valence-corrected chi connectivity index (χ2v) is 7.19. The Bertz CT molecular complexity index is 646. The molecule has 0 radical (unpaired) electrons. The Morgan fingerprint density at radius 3 is 2.24 bits per heavy atom. The zero-order valence-electron chi connectivity index (χ0n) is 11.7. The zero-order chi connectivity index (χ0) is 15.6. The Morgan fingerprint density at radius 1 is 1.24 bits per heavy atom. The van der Waals surface area contributed by atoms with Gasteiger partial charge in [0.1, 0.15) is 0 Å². The molecule has 1 aliphatic rings. The van der Waals surface area contributed by atoms with Gasteiger partial charge in [-0.3, -0.25) is 9.59 Å². The van der Waals surface area contributed by atoms with Gasteiger partial charge in [0.2, 0.25) is 0 Å². The third-order valence-corrected chi connectivity index (χ3v) is 4.47. The van der Waals surface area contributed by atoms with Crippen molar-refractivity contribution in [2.45, 2.75) is 30.2 Å². The maximum atomic E-state index is 12.4. The second-order valence-electron chi connectivity index (χ2n) is 5.17. The Morgan fingerprint density at radius 2 is 1.81 bits per heavy atom. The molecule has 0 saturated heterocycles. The predicted octanol–water partition coefficient (Wildman–Crippen LogP) is 1.17. The lowest BCUT2D eigenvalue weighted by Crippen LogP contribution is -2.35. The van der Waals surface area contributed by atoms with Gasteiger partial charge in [0.25, 0.3) is 5.91 Å². The van der Waals surface area contributed by atoms with Gasteiger partial charge in [-0.2, -0.15) is 0 Å². The van der Waals surface area contributed by atoms with Crippen LogP contribution in [0.3, 0.4) is 0 Å². The molecule has 0 bridgehead atoms. The van der Waals surface area contributed by atoms with E-state index in [4.69, 9.17) is 5.11 Å². The number of carboxylic acids is 1. The number of carboxylic acid groups (broad SMARTS) is 1. The van der Waals surface area contributed by atoms with Gasteiger partial charge < -0.3 is 10.0 Å². The summed E-state index contributed by atoms with van der Waals surface area (Å²) in [7, 11) is -3.29. The summed E-state index contributed by atoms with van der Waals surface area (Å²) in [6.45, 7) is 0.173. The van der Waals surface area contributed by atoms with E-state index in [-0.39, 0.29) is 29.8 Å². The van der Waals surface area contributed by atoms with Crippen LogP contribution in [0.1, 0.15) is 29.6 Å². The molecule has 21 heavy (non-hydrogen) atoms. The van der Waals surface area contributed by atoms with E-state index in [1.165, 1.54) is 24.3 Å². The maximum absolute atomic E-state index is 12.4.